The van der Waals surface area contributed by atoms with E-state index in [2.05, 4.69) is 10.3 Å². The van der Waals surface area contributed by atoms with Gasteiger partial charge in [-0.05, 0) is 25.1 Å². The van der Waals surface area contributed by atoms with Crippen molar-refractivity contribution >= 4 is 45.6 Å². The zero-order valence-corrected chi connectivity index (χ0v) is 11.9. The molecule has 20 heavy (non-hydrogen) atoms. The lowest BCUT2D eigenvalue weighted by Gasteiger charge is -2.06. The van der Waals surface area contributed by atoms with Crippen LogP contribution in [0.4, 0.5) is 10.8 Å². The number of nitrogens with two attached hydrogens (primary N) is 1. The molecule has 1 heterocycles. The number of hydrogen-bond donors (Lipinski definition) is 3. The molecule has 104 valence electrons. The van der Waals surface area contributed by atoms with Crippen LogP contribution < -0.4 is 11.1 Å². The number of aryl methyl sites for hydroxylation is 1. The Balaban J connectivity index is 2.26. The zero-order valence-electron chi connectivity index (χ0n) is 10.3. The summed E-state index contributed by atoms with van der Waals surface area (Å²) < 4.78 is 0. The number of carboxylic acids is 1. The van der Waals surface area contributed by atoms with E-state index in [1.54, 1.807) is 6.92 Å². The molecule has 0 bridgehead atoms. The third-order valence-electron chi connectivity index (χ3n) is 2.47. The number of carbonyl (C=O) groups is 2. The van der Waals surface area contributed by atoms with Gasteiger partial charge in [0.05, 0.1) is 16.3 Å². The van der Waals surface area contributed by atoms with Crippen LogP contribution in [0.3, 0.4) is 0 Å². The van der Waals surface area contributed by atoms with Gasteiger partial charge < -0.3 is 16.2 Å². The lowest BCUT2D eigenvalue weighted by Crippen LogP contribution is -2.12. The lowest BCUT2D eigenvalue weighted by molar-refractivity contribution is 0.0696. The molecule has 6 nitrogen and oxygen atoms in total. The predicted octanol–water partition coefficient (Wildman–Crippen LogP) is 2.64. The molecule has 0 radical (unpaired) electrons. The van der Waals surface area contributed by atoms with Crippen LogP contribution >= 0.6 is 22.9 Å². The Morgan fingerprint density at radius 2 is 2.15 bits per heavy atom. The summed E-state index contributed by atoms with van der Waals surface area (Å²) in [6.07, 6.45) is 0. The minimum absolute atomic E-state index is 0.0787. The number of carbonyl (C=O) groups excluding carboxylic acids is 1. The minimum atomic E-state index is -1.16. The van der Waals surface area contributed by atoms with Crippen LogP contribution in [0.5, 0.6) is 0 Å². The minimum Gasteiger partial charge on any atom is -0.478 e. The van der Waals surface area contributed by atoms with Crippen molar-refractivity contribution in [1.82, 2.24) is 4.98 Å². The number of nitrogen functional groups attached to an aromatic ring is 1. The van der Waals surface area contributed by atoms with Gasteiger partial charge in [0.2, 0.25) is 0 Å². The number of nitrogens with one attached hydrogen (secondary N) is 1. The number of thiazole rings is 1. The third kappa shape index (κ3) is 2.89. The third-order valence-corrected chi connectivity index (χ3v) is 3.79. The van der Waals surface area contributed by atoms with Crippen LogP contribution in [0.25, 0.3) is 0 Å². The number of rotatable bonds is 3. The number of hydrogen-bond acceptors (Lipinski definition) is 5. The van der Waals surface area contributed by atoms with Crippen molar-refractivity contribution in [3.05, 3.63) is 39.4 Å². The number of halogens is 1. The first-order valence-electron chi connectivity index (χ1n) is 5.45. The highest BCUT2D eigenvalue weighted by Crippen LogP contribution is 2.23. The first-order valence-corrected chi connectivity index (χ1v) is 6.65. The topological polar surface area (TPSA) is 105 Å². The normalized spacial score (nSPS) is 10.3. The second-order valence-corrected chi connectivity index (χ2v) is 5.36. The van der Waals surface area contributed by atoms with Crippen molar-refractivity contribution in [2.24, 2.45) is 0 Å². The second-order valence-electron chi connectivity index (χ2n) is 3.92. The van der Waals surface area contributed by atoms with Crippen LogP contribution in [0.2, 0.25) is 5.02 Å². The molecule has 0 unspecified atom stereocenters. The molecular weight excluding hydrogens is 302 g/mol. The van der Waals surface area contributed by atoms with E-state index in [9.17, 15) is 9.59 Å². The molecule has 0 aliphatic carbocycles. The van der Waals surface area contributed by atoms with Crippen LogP contribution in [0.1, 0.15) is 25.7 Å². The molecule has 2 aromatic rings. The Labute approximate surface area is 123 Å². The highest BCUT2D eigenvalue weighted by atomic mass is 35.5. The van der Waals surface area contributed by atoms with Crippen LogP contribution in [-0.2, 0) is 0 Å². The van der Waals surface area contributed by atoms with Crippen molar-refractivity contribution in [2.75, 3.05) is 11.1 Å². The maximum absolute atomic E-state index is 12.0. The molecule has 1 amide bonds. The number of benzene rings is 1. The number of aromatic carboxylic acids is 1. The number of amides is 1. The van der Waals surface area contributed by atoms with Gasteiger partial charge >= 0.3 is 5.97 Å². The summed E-state index contributed by atoms with van der Waals surface area (Å²) in [5.74, 6) is -1.56. The van der Waals surface area contributed by atoms with Gasteiger partial charge in [0.15, 0.2) is 5.13 Å². The highest BCUT2D eigenvalue weighted by molar-refractivity contribution is 7.17. The van der Waals surface area contributed by atoms with Gasteiger partial charge in [0.25, 0.3) is 5.91 Å². The molecule has 0 saturated heterocycles. The molecule has 4 N–H and O–H groups in total. The lowest BCUT2D eigenvalue weighted by atomic mass is 10.2. The van der Waals surface area contributed by atoms with Gasteiger partial charge in [0.1, 0.15) is 4.88 Å². The molecular formula is C12H10ClN3O3S. The molecule has 1 aromatic carbocycles. The quantitative estimate of drug-likeness (QED) is 0.808. The van der Waals surface area contributed by atoms with Crippen molar-refractivity contribution in [3.8, 4) is 0 Å². The van der Waals surface area contributed by atoms with Gasteiger partial charge in [-0.25, -0.2) is 9.78 Å². The van der Waals surface area contributed by atoms with Gasteiger partial charge in [-0.3, -0.25) is 4.79 Å². The monoisotopic (exact) mass is 311 g/mol. The fourth-order valence-electron chi connectivity index (χ4n) is 1.58. The summed E-state index contributed by atoms with van der Waals surface area (Å²) in [6.45, 7) is 1.67. The van der Waals surface area contributed by atoms with Crippen LogP contribution in [0, 0.1) is 6.92 Å². The highest BCUT2D eigenvalue weighted by Gasteiger charge is 2.16. The summed E-state index contributed by atoms with van der Waals surface area (Å²) in [6, 6.07) is 4.23. The Hall–Kier alpha value is -2.12. The van der Waals surface area contributed by atoms with Gasteiger partial charge in [0, 0.05) is 5.69 Å². The first-order chi connectivity index (χ1) is 9.38. The summed E-state index contributed by atoms with van der Waals surface area (Å²) in [4.78, 5) is 27.3. The average molecular weight is 312 g/mol. The molecule has 0 atom stereocenters. The Morgan fingerprint density at radius 1 is 1.45 bits per heavy atom. The van der Waals surface area contributed by atoms with Gasteiger partial charge in [-0.2, -0.15) is 0 Å². The van der Waals surface area contributed by atoms with E-state index in [4.69, 9.17) is 22.4 Å². The smallest absolute Gasteiger partial charge is 0.337 e. The summed E-state index contributed by atoms with van der Waals surface area (Å²) in [7, 11) is 0. The molecule has 1 aromatic heterocycles. The zero-order chi connectivity index (χ0) is 14.9. The Bertz CT molecular complexity index is 699. The fraction of sp³-hybridized carbons (Fsp3) is 0.0833. The van der Waals surface area contributed by atoms with Crippen LogP contribution in [-0.4, -0.2) is 22.0 Å². The summed E-state index contributed by atoms with van der Waals surface area (Å²) in [5, 5.41) is 12.0. The number of carboxylic acid groups (broad SMARTS) is 1. The fourth-order valence-corrected chi connectivity index (χ4v) is 2.51. The Kier molecular flexibility index (Phi) is 3.91. The second kappa shape index (κ2) is 5.48. The molecule has 0 saturated carbocycles. The largest absolute Gasteiger partial charge is 0.478 e. The Morgan fingerprint density at radius 3 is 2.70 bits per heavy atom. The van der Waals surface area contributed by atoms with Crippen molar-refractivity contribution in [1.29, 1.82) is 0 Å². The van der Waals surface area contributed by atoms with Crippen LogP contribution in [0.15, 0.2) is 18.2 Å². The van der Waals surface area contributed by atoms with E-state index < -0.39 is 11.9 Å². The van der Waals surface area contributed by atoms with Gasteiger partial charge in [-0.15, -0.1) is 0 Å². The maximum Gasteiger partial charge on any atom is 0.337 e. The van der Waals surface area contributed by atoms with E-state index in [0.29, 0.717) is 21.4 Å². The molecule has 0 fully saturated rings. The molecule has 0 aliphatic rings. The van der Waals surface area contributed by atoms with E-state index >= 15 is 0 Å². The van der Waals surface area contributed by atoms with Crippen molar-refractivity contribution in [2.45, 2.75) is 6.92 Å². The van der Waals surface area contributed by atoms with E-state index in [1.807, 2.05) is 0 Å². The maximum atomic E-state index is 12.0. The van der Waals surface area contributed by atoms with Crippen molar-refractivity contribution in [3.63, 3.8) is 0 Å². The number of nitrogens with zero attached hydrogens (tertiary/aromatic N) is 1. The average Bonchev–Trinajstić information content (AvgIpc) is 2.70. The summed E-state index contributed by atoms with van der Waals surface area (Å²) in [5.41, 5.74) is 6.31. The molecule has 0 aliphatic heterocycles. The summed E-state index contributed by atoms with van der Waals surface area (Å²) >= 11 is 6.82. The molecule has 8 heteroatoms. The number of aromatic nitrogens is 1. The van der Waals surface area contributed by atoms with Gasteiger partial charge in [-0.1, -0.05) is 22.9 Å². The van der Waals surface area contributed by atoms with E-state index in [0.717, 1.165) is 11.3 Å². The van der Waals surface area contributed by atoms with Crippen molar-refractivity contribution < 1.29 is 14.7 Å². The number of anilines is 2. The predicted molar refractivity (Wildman–Crippen MR) is 77.6 cm³/mol. The SMILES string of the molecule is Cc1nc(N)sc1C(=O)Nc1ccc(Cl)c(C(=O)O)c1. The molecule has 0 spiro atoms. The molecule has 2 rings (SSSR count). The van der Waals surface area contributed by atoms with E-state index in [-0.39, 0.29) is 10.6 Å². The standard InChI is InChI=1S/C12H10ClN3O3S/c1-5-9(20-12(14)15-5)10(17)16-6-2-3-8(13)7(4-6)11(18)19/h2-4H,1H3,(H2,14,15)(H,16,17)(H,18,19). The van der Waals surface area contributed by atoms with E-state index in [1.165, 1.54) is 18.2 Å². The first kappa shape index (κ1) is 14.3.